The molecule has 0 aliphatic rings. The number of thiophene rings is 1. The first-order valence-corrected chi connectivity index (χ1v) is 8.40. The van der Waals surface area contributed by atoms with E-state index in [0.29, 0.717) is 12.5 Å². The van der Waals surface area contributed by atoms with Gasteiger partial charge in [0.2, 0.25) is 0 Å². The fourth-order valence-corrected chi connectivity index (χ4v) is 2.88. The summed E-state index contributed by atoms with van der Waals surface area (Å²) < 4.78 is 0. The Kier molecular flexibility index (Phi) is 6.27. The van der Waals surface area contributed by atoms with Gasteiger partial charge in [0.15, 0.2) is 5.96 Å². The first kappa shape index (κ1) is 16.4. The van der Waals surface area contributed by atoms with Gasteiger partial charge in [0.25, 0.3) is 0 Å². The van der Waals surface area contributed by atoms with Gasteiger partial charge in [-0.15, -0.1) is 11.3 Å². The van der Waals surface area contributed by atoms with Gasteiger partial charge in [0, 0.05) is 23.9 Å². The Hall–Kier alpha value is -2.01. The monoisotopic (exact) mass is 317 g/mol. The first-order chi connectivity index (χ1) is 10.7. The molecule has 22 heavy (non-hydrogen) atoms. The Labute approximate surface area is 135 Å². The van der Waals surface area contributed by atoms with Gasteiger partial charge in [-0.3, -0.25) is 0 Å². The molecule has 0 fully saturated rings. The number of nitrogens with zero attached hydrogens (tertiary/aromatic N) is 1. The Morgan fingerprint density at radius 3 is 2.82 bits per heavy atom. The summed E-state index contributed by atoms with van der Waals surface area (Å²) in [7, 11) is 0. The van der Waals surface area contributed by atoms with Crippen molar-refractivity contribution in [3.63, 3.8) is 0 Å². The molecule has 0 aliphatic carbocycles. The number of nitrogens with one attached hydrogen (secondary N) is 2. The van der Waals surface area contributed by atoms with Crippen LogP contribution in [0.1, 0.15) is 30.2 Å². The molecule has 1 unspecified atom stereocenters. The van der Waals surface area contributed by atoms with Gasteiger partial charge < -0.3 is 15.7 Å². The van der Waals surface area contributed by atoms with Crippen LogP contribution in [0.15, 0.2) is 46.8 Å². The van der Waals surface area contributed by atoms with E-state index < -0.39 is 0 Å². The van der Waals surface area contributed by atoms with Crippen LogP contribution >= 0.6 is 11.3 Å². The fourth-order valence-electron chi connectivity index (χ4n) is 2.09. The molecule has 0 radical (unpaired) electrons. The summed E-state index contributed by atoms with van der Waals surface area (Å²) in [4.78, 5) is 5.94. The van der Waals surface area contributed by atoms with Crippen LogP contribution < -0.4 is 10.6 Å². The second kappa shape index (κ2) is 8.44. The van der Waals surface area contributed by atoms with Gasteiger partial charge in [-0.1, -0.05) is 25.1 Å². The summed E-state index contributed by atoms with van der Waals surface area (Å²) in [5.41, 5.74) is 0.989. The Morgan fingerprint density at radius 2 is 2.14 bits per heavy atom. The Morgan fingerprint density at radius 1 is 1.27 bits per heavy atom. The minimum Gasteiger partial charge on any atom is -0.508 e. The van der Waals surface area contributed by atoms with Crippen molar-refractivity contribution in [1.82, 2.24) is 10.6 Å². The zero-order valence-electron chi connectivity index (χ0n) is 13.0. The molecule has 2 aromatic rings. The lowest BCUT2D eigenvalue weighted by Crippen LogP contribution is -2.39. The van der Waals surface area contributed by atoms with E-state index in [1.165, 1.54) is 4.88 Å². The molecule has 0 spiro atoms. The van der Waals surface area contributed by atoms with Crippen molar-refractivity contribution < 1.29 is 5.11 Å². The number of hydrogen-bond acceptors (Lipinski definition) is 3. The van der Waals surface area contributed by atoms with Crippen molar-refractivity contribution in [2.75, 3.05) is 13.1 Å². The number of rotatable bonds is 6. The lowest BCUT2D eigenvalue weighted by Gasteiger charge is -2.15. The van der Waals surface area contributed by atoms with Gasteiger partial charge in [-0.25, -0.2) is 4.99 Å². The van der Waals surface area contributed by atoms with Crippen molar-refractivity contribution in [2.24, 2.45) is 4.99 Å². The summed E-state index contributed by atoms with van der Waals surface area (Å²) in [6.45, 7) is 6.45. The van der Waals surface area contributed by atoms with E-state index in [9.17, 15) is 5.11 Å². The van der Waals surface area contributed by atoms with Crippen molar-refractivity contribution >= 4 is 17.3 Å². The highest BCUT2D eigenvalue weighted by Gasteiger charge is 2.07. The highest BCUT2D eigenvalue weighted by molar-refractivity contribution is 7.10. The summed E-state index contributed by atoms with van der Waals surface area (Å²) in [6, 6.07) is 11.4. The van der Waals surface area contributed by atoms with Gasteiger partial charge in [0.1, 0.15) is 5.75 Å². The van der Waals surface area contributed by atoms with Gasteiger partial charge in [-0.2, -0.15) is 0 Å². The lowest BCUT2D eigenvalue weighted by molar-refractivity contribution is 0.474. The first-order valence-electron chi connectivity index (χ1n) is 7.52. The molecule has 1 aromatic heterocycles. The largest absolute Gasteiger partial charge is 0.508 e. The smallest absolute Gasteiger partial charge is 0.191 e. The van der Waals surface area contributed by atoms with Crippen LogP contribution in [0.3, 0.4) is 0 Å². The van der Waals surface area contributed by atoms with Crippen LogP contribution in [0.4, 0.5) is 0 Å². The molecule has 5 heteroatoms. The molecule has 0 saturated heterocycles. The fraction of sp³-hybridized carbons (Fsp3) is 0.353. The lowest BCUT2D eigenvalue weighted by atomic mass is 10.1. The number of benzene rings is 1. The molecule has 0 aliphatic heterocycles. The molecule has 4 nitrogen and oxygen atoms in total. The predicted molar refractivity (Wildman–Crippen MR) is 93.7 cm³/mol. The van der Waals surface area contributed by atoms with E-state index in [-0.39, 0.29) is 5.75 Å². The molecule has 0 amide bonds. The minimum atomic E-state index is 0.275. The van der Waals surface area contributed by atoms with E-state index in [0.717, 1.165) is 24.6 Å². The molecule has 1 aromatic carbocycles. The molecule has 1 heterocycles. The summed E-state index contributed by atoms with van der Waals surface area (Å²) >= 11 is 1.78. The highest BCUT2D eigenvalue weighted by atomic mass is 32.1. The summed E-state index contributed by atoms with van der Waals surface area (Å²) in [5, 5.41) is 18.2. The normalized spacial score (nSPS) is 12.9. The molecule has 2 rings (SSSR count). The maximum atomic E-state index is 9.48. The van der Waals surface area contributed by atoms with Crippen LogP contribution in [0, 0.1) is 0 Å². The van der Waals surface area contributed by atoms with Crippen molar-refractivity contribution in [3.8, 4) is 5.75 Å². The average molecular weight is 317 g/mol. The summed E-state index contributed by atoms with van der Waals surface area (Å²) in [5.74, 6) is 1.52. The maximum absolute atomic E-state index is 9.48. The minimum absolute atomic E-state index is 0.275. The van der Waals surface area contributed by atoms with E-state index >= 15 is 0 Å². The van der Waals surface area contributed by atoms with Gasteiger partial charge in [0.05, 0.1) is 6.54 Å². The molecule has 118 valence electrons. The molecule has 0 saturated carbocycles. The van der Waals surface area contributed by atoms with Crippen LogP contribution in [0.2, 0.25) is 0 Å². The van der Waals surface area contributed by atoms with Crippen LogP contribution in [-0.4, -0.2) is 24.2 Å². The quantitative estimate of drug-likeness (QED) is 0.566. The SMILES string of the molecule is CCNC(=NCc1cccc(O)c1)NCC(C)c1cccs1. The average Bonchev–Trinajstić information content (AvgIpc) is 3.04. The topological polar surface area (TPSA) is 56.7 Å². The summed E-state index contributed by atoms with van der Waals surface area (Å²) in [6.07, 6.45) is 0. The van der Waals surface area contributed by atoms with E-state index in [1.807, 2.05) is 19.1 Å². The van der Waals surface area contributed by atoms with E-state index in [4.69, 9.17) is 0 Å². The standard InChI is InChI=1S/C17H23N3OS/c1-3-18-17(19-11-13(2)16-8-5-9-22-16)20-12-14-6-4-7-15(21)10-14/h4-10,13,21H,3,11-12H2,1-2H3,(H2,18,19,20). The van der Waals surface area contributed by atoms with Crippen LogP contribution in [0.25, 0.3) is 0 Å². The maximum Gasteiger partial charge on any atom is 0.191 e. The second-order valence-corrected chi connectivity index (χ2v) is 6.14. The number of phenols is 1. The van der Waals surface area contributed by atoms with Crippen molar-refractivity contribution in [2.45, 2.75) is 26.3 Å². The zero-order valence-corrected chi connectivity index (χ0v) is 13.9. The van der Waals surface area contributed by atoms with Crippen molar-refractivity contribution in [1.29, 1.82) is 0 Å². The third-order valence-corrected chi connectivity index (χ3v) is 4.38. The highest BCUT2D eigenvalue weighted by Crippen LogP contribution is 2.19. The number of guanidine groups is 1. The number of phenolic OH excluding ortho intramolecular Hbond substituents is 1. The molecule has 1 atom stereocenters. The van der Waals surface area contributed by atoms with Gasteiger partial charge >= 0.3 is 0 Å². The molecule has 0 bridgehead atoms. The van der Waals surface area contributed by atoms with Crippen LogP contribution in [-0.2, 0) is 6.54 Å². The zero-order chi connectivity index (χ0) is 15.8. The molecular formula is C17H23N3OS. The Balaban J connectivity index is 1.92. The Bertz CT molecular complexity index is 596. The predicted octanol–water partition coefficient (Wildman–Crippen LogP) is 3.31. The third-order valence-electron chi connectivity index (χ3n) is 3.28. The van der Waals surface area contributed by atoms with E-state index in [2.05, 4.69) is 40.1 Å². The van der Waals surface area contributed by atoms with Gasteiger partial charge in [-0.05, 0) is 36.1 Å². The third kappa shape index (κ3) is 5.07. The van der Waals surface area contributed by atoms with Crippen LogP contribution in [0.5, 0.6) is 5.75 Å². The number of aliphatic imine (C=N–C) groups is 1. The van der Waals surface area contributed by atoms with E-state index in [1.54, 1.807) is 23.5 Å². The molecule has 3 N–H and O–H groups in total. The number of aromatic hydroxyl groups is 1. The van der Waals surface area contributed by atoms with Crippen molar-refractivity contribution in [3.05, 3.63) is 52.2 Å². The number of hydrogen-bond donors (Lipinski definition) is 3. The molecular weight excluding hydrogens is 294 g/mol. The second-order valence-electron chi connectivity index (χ2n) is 5.16.